The summed E-state index contributed by atoms with van der Waals surface area (Å²) >= 11 is 1.48. The summed E-state index contributed by atoms with van der Waals surface area (Å²) < 4.78 is 5.24. The number of nitrogens with one attached hydrogen (secondary N) is 1. The van der Waals surface area contributed by atoms with Gasteiger partial charge in [0, 0.05) is 23.5 Å². The van der Waals surface area contributed by atoms with E-state index in [4.69, 9.17) is 4.74 Å². The number of fused-ring (bicyclic) bond motifs is 1. The molecule has 0 fully saturated rings. The molecule has 1 aliphatic heterocycles. The van der Waals surface area contributed by atoms with Crippen LogP contribution in [0.1, 0.15) is 49.2 Å². The number of benzene rings is 1. The molecule has 3 rings (SSSR count). The maximum Gasteiger partial charge on any atom is 0.341 e. The van der Waals surface area contributed by atoms with Gasteiger partial charge >= 0.3 is 5.97 Å². The zero-order valence-electron chi connectivity index (χ0n) is 15.6. The molecule has 5 nitrogen and oxygen atoms in total. The molecule has 1 aliphatic rings. The molecule has 0 atom stereocenters. The summed E-state index contributed by atoms with van der Waals surface area (Å²) in [4.78, 5) is 28.6. The van der Waals surface area contributed by atoms with E-state index >= 15 is 0 Å². The molecule has 1 N–H and O–H groups in total. The van der Waals surface area contributed by atoms with Crippen molar-refractivity contribution in [3.8, 4) is 0 Å². The molecule has 138 valence electrons. The number of anilines is 1. The first kappa shape index (κ1) is 18.6. The third kappa shape index (κ3) is 3.66. The van der Waals surface area contributed by atoms with E-state index in [-0.39, 0.29) is 11.9 Å². The summed E-state index contributed by atoms with van der Waals surface area (Å²) in [6, 6.07) is 5.61. The molecule has 2 aromatic rings. The molecule has 0 unspecified atom stereocenters. The average molecular weight is 372 g/mol. The standard InChI is InChI=1S/C20H24N2O3S/c1-5-25-20(24)17-15-8-9-22(4)11-16(15)26-19(17)21-18(23)14-7-6-12(2)13(3)10-14/h6-7,10H,5,8-9,11H2,1-4H3,(H,21,23). The molecule has 2 heterocycles. The summed E-state index contributed by atoms with van der Waals surface area (Å²) in [5, 5.41) is 3.53. The number of nitrogens with zero attached hydrogens (tertiary/aromatic N) is 1. The van der Waals surface area contributed by atoms with Crippen LogP contribution in [0.2, 0.25) is 0 Å². The largest absolute Gasteiger partial charge is 0.462 e. The van der Waals surface area contributed by atoms with Gasteiger partial charge in [-0.25, -0.2) is 4.79 Å². The second-order valence-electron chi connectivity index (χ2n) is 6.67. The molecular weight excluding hydrogens is 348 g/mol. The fraction of sp³-hybridized carbons (Fsp3) is 0.400. The Morgan fingerprint density at radius 2 is 2.04 bits per heavy atom. The number of carbonyl (C=O) groups excluding carboxylic acids is 2. The molecule has 0 saturated heterocycles. The SMILES string of the molecule is CCOC(=O)c1c(NC(=O)c2ccc(C)c(C)c2)sc2c1CCN(C)C2. The Balaban J connectivity index is 1.94. The number of esters is 1. The normalized spacial score (nSPS) is 14.0. The zero-order chi connectivity index (χ0) is 18.8. The van der Waals surface area contributed by atoms with E-state index in [1.807, 2.05) is 32.0 Å². The van der Waals surface area contributed by atoms with Crippen molar-refractivity contribution in [3.05, 3.63) is 50.9 Å². The minimum Gasteiger partial charge on any atom is -0.462 e. The van der Waals surface area contributed by atoms with Crippen molar-refractivity contribution < 1.29 is 14.3 Å². The van der Waals surface area contributed by atoms with Gasteiger partial charge in [0.1, 0.15) is 5.00 Å². The number of likely N-dealkylation sites (N-methyl/N-ethyl adjacent to an activating group) is 1. The third-order valence-electron chi connectivity index (χ3n) is 4.72. The molecule has 26 heavy (non-hydrogen) atoms. The Hall–Kier alpha value is -2.18. The summed E-state index contributed by atoms with van der Waals surface area (Å²) in [5.74, 6) is -0.560. The number of amides is 1. The van der Waals surface area contributed by atoms with Crippen molar-refractivity contribution in [2.75, 3.05) is 25.5 Å². The number of rotatable bonds is 4. The van der Waals surface area contributed by atoms with Gasteiger partial charge in [0.25, 0.3) is 5.91 Å². The maximum absolute atomic E-state index is 12.7. The lowest BCUT2D eigenvalue weighted by molar-refractivity contribution is 0.0526. The van der Waals surface area contributed by atoms with Gasteiger partial charge < -0.3 is 15.0 Å². The van der Waals surface area contributed by atoms with Crippen molar-refractivity contribution in [1.82, 2.24) is 4.90 Å². The molecule has 0 bridgehead atoms. The highest BCUT2D eigenvalue weighted by atomic mass is 32.1. The molecule has 0 saturated carbocycles. The summed E-state index contributed by atoms with van der Waals surface area (Å²) in [5.41, 5.74) is 4.34. The molecule has 1 aromatic heterocycles. The van der Waals surface area contributed by atoms with Crippen molar-refractivity contribution in [1.29, 1.82) is 0 Å². The van der Waals surface area contributed by atoms with Crippen LogP contribution in [0.4, 0.5) is 5.00 Å². The van der Waals surface area contributed by atoms with Crippen LogP contribution in [0.3, 0.4) is 0 Å². The van der Waals surface area contributed by atoms with Gasteiger partial charge in [-0.15, -0.1) is 11.3 Å². The first-order chi connectivity index (χ1) is 12.4. The van der Waals surface area contributed by atoms with Crippen LogP contribution < -0.4 is 5.32 Å². The van der Waals surface area contributed by atoms with Crippen molar-refractivity contribution >= 4 is 28.2 Å². The fourth-order valence-electron chi connectivity index (χ4n) is 3.10. The number of hydrogen-bond donors (Lipinski definition) is 1. The van der Waals surface area contributed by atoms with E-state index in [0.717, 1.165) is 41.1 Å². The molecular formula is C20H24N2O3S. The van der Waals surface area contributed by atoms with Crippen LogP contribution in [0.15, 0.2) is 18.2 Å². The first-order valence-corrected chi connectivity index (χ1v) is 9.61. The van der Waals surface area contributed by atoms with E-state index in [1.165, 1.54) is 11.3 Å². The van der Waals surface area contributed by atoms with Crippen molar-refractivity contribution in [3.63, 3.8) is 0 Å². The highest BCUT2D eigenvalue weighted by Gasteiger charge is 2.28. The molecule has 6 heteroatoms. The van der Waals surface area contributed by atoms with Crippen LogP contribution in [0.5, 0.6) is 0 Å². The summed E-state index contributed by atoms with van der Waals surface area (Å²) in [7, 11) is 2.06. The van der Waals surface area contributed by atoms with Gasteiger partial charge in [0.05, 0.1) is 12.2 Å². The van der Waals surface area contributed by atoms with E-state index in [2.05, 4.69) is 17.3 Å². The van der Waals surface area contributed by atoms with Crippen LogP contribution >= 0.6 is 11.3 Å². The van der Waals surface area contributed by atoms with Crippen LogP contribution in [-0.2, 0) is 17.7 Å². The fourth-order valence-corrected chi connectivity index (χ4v) is 4.41. The molecule has 1 aromatic carbocycles. The van der Waals surface area contributed by atoms with Crippen LogP contribution in [-0.4, -0.2) is 37.0 Å². The smallest absolute Gasteiger partial charge is 0.341 e. The minimum atomic E-state index is -0.357. The Morgan fingerprint density at radius 1 is 1.27 bits per heavy atom. The third-order valence-corrected chi connectivity index (χ3v) is 5.86. The zero-order valence-corrected chi connectivity index (χ0v) is 16.5. The lowest BCUT2D eigenvalue weighted by atomic mass is 10.0. The lowest BCUT2D eigenvalue weighted by Crippen LogP contribution is -2.26. The van der Waals surface area contributed by atoms with E-state index in [0.29, 0.717) is 22.7 Å². The van der Waals surface area contributed by atoms with Gasteiger partial charge in [0.2, 0.25) is 0 Å². The van der Waals surface area contributed by atoms with Crippen LogP contribution in [0, 0.1) is 13.8 Å². The monoisotopic (exact) mass is 372 g/mol. The predicted molar refractivity (Wildman–Crippen MR) is 104 cm³/mol. The highest BCUT2D eigenvalue weighted by Crippen LogP contribution is 2.37. The Labute approximate surface area is 158 Å². The second kappa shape index (κ2) is 7.60. The number of aryl methyl sites for hydroxylation is 2. The highest BCUT2D eigenvalue weighted by molar-refractivity contribution is 7.17. The van der Waals surface area contributed by atoms with E-state index < -0.39 is 0 Å². The second-order valence-corrected chi connectivity index (χ2v) is 7.77. The lowest BCUT2D eigenvalue weighted by Gasteiger charge is -2.22. The Bertz CT molecular complexity index is 857. The molecule has 1 amide bonds. The van der Waals surface area contributed by atoms with Crippen molar-refractivity contribution in [2.24, 2.45) is 0 Å². The van der Waals surface area contributed by atoms with Gasteiger partial charge in [-0.3, -0.25) is 4.79 Å². The van der Waals surface area contributed by atoms with Gasteiger partial charge in [-0.05, 0) is 63.1 Å². The van der Waals surface area contributed by atoms with Gasteiger partial charge in [-0.1, -0.05) is 6.07 Å². The number of hydrogen-bond acceptors (Lipinski definition) is 5. The topological polar surface area (TPSA) is 58.6 Å². The van der Waals surface area contributed by atoms with Crippen LogP contribution in [0.25, 0.3) is 0 Å². The number of carbonyl (C=O) groups is 2. The predicted octanol–water partition coefficient (Wildman–Crippen LogP) is 3.78. The first-order valence-electron chi connectivity index (χ1n) is 8.79. The molecule has 0 radical (unpaired) electrons. The van der Waals surface area contributed by atoms with E-state index in [1.54, 1.807) is 6.92 Å². The number of thiophene rings is 1. The van der Waals surface area contributed by atoms with Crippen molar-refractivity contribution in [2.45, 2.75) is 33.7 Å². The number of ether oxygens (including phenoxy) is 1. The van der Waals surface area contributed by atoms with Gasteiger partial charge in [-0.2, -0.15) is 0 Å². The quantitative estimate of drug-likeness (QED) is 0.830. The Morgan fingerprint density at radius 3 is 2.73 bits per heavy atom. The summed E-state index contributed by atoms with van der Waals surface area (Å²) in [6.07, 6.45) is 0.788. The van der Waals surface area contributed by atoms with E-state index in [9.17, 15) is 9.59 Å². The minimum absolute atomic E-state index is 0.203. The molecule has 0 spiro atoms. The Kier molecular flexibility index (Phi) is 5.44. The molecule has 0 aliphatic carbocycles. The maximum atomic E-state index is 12.7. The summed E-state index contributed by atoms with van der Waals surface area (Å²) in [6.45, 7) is 7.77. The average Bonchev–Trinajstić information content (AvgIpc) is 2.94. The van der Waals surface area contributed by atoms with Gasteiger partial charge in [0.15, 0.2) is 0 Å².